The minimum Gasteiger partial charge on any atom is -0.491 e. The molecule has 0 aromatic heterocycles. The monoisotopic (exact) mass is 263 g/mol. The van der Waals surface area contributed by atoms with E-state index in [4.69, 9.17) is 9.84 Å². The Hall–Kier alpha value is -2.04. The molecule has 1 aromatic carbocycles. The Labute approximate surface area is 111 Å². The Kier molecular flexibility index (Phi) is 4.39. The van der Waals surface area contributed by atoms with Crippen LogP contribution in [0, 0.1) is 0 Å². The van der Waals surface area contributed by atoms with Gasteiger partial charge in [-0.25, -0.2) is 4.79 Å². The second kappa shape index (κ2) is 6.22. The summed E-state index contributed by atoms with van der Waals surface area (Å²) in [5, 5.41) is 10.7. The van der Waals surface area contributed by atoms with Gasteiger partial charge >= 0.3 is 11.9 Å². The van der Waals surface area contributed by atoms with Crippen molar-refractivity contribution in [2.45, 2.75) is 25.7 Å². The number of amides is 1. The van der Waals surface area contributed by atoms with E-state index in [2.05, 4.69) is 11.4 Å². The minimum atomic E-state index is -1.47. The molecule has 0 fully saturated rings. The number of carboxylic acid groups (broad SMARTS) is 1. The number of ether oxygens (including phenoxy) is 1. The molecular formula is C14H17NO4. The third-order valence-electron chi connectivity index (χ3n) is 3.19. The first kappa shape index (κ1) is 13.4. The van der Waals surface area contributed by atoms with Gasteiger partial charge in [-0.05, 0) is 42.9 Å². The molecule has 0 bridgehead atoms. The van der Waals surface area contributed by atoms with E-state index in [1.165, 1.54) is 24.0 Å². The summed E-state index contributed by atoms with van der Waals surface area (Å²) in [5.74, 6) is -1.63. The highest BCUT2D eigenvalue weighted by atomic mass is 16.5. The van der Waals surface area contributed by atoms with Crippen LogP contribution in [0.15, 0.2) is 18.2 Å². The first-order valence-electron chi connectivity index (χ1n) is 6.43. The third-order valence-corrected chi connectivity index (χ3v) is 3.19. The maximum absolute atomic E-state index is 10.8. The number of nitrogens with one attached hydrogen (secondary N) is 1. The van der Waals surface area contributed by atoms with Crippen LogP contribution < -0.4 is 10.1 Å². The number of hydrogen-bond donors (Lipinski definition) is 2. The highest BCUT2D eigenvalue weighted by Gasteiger charge is 2.14. The van der Waals surface area contributed by atoms with Gasteiger partial charge in [-0.3, -0.25) is 4.79 Å². The zero-order valence-electron chi connectivity index (χ0n) is 10.6. The van der Waals surface area contributed by atoms with Gasteiger partial charge < -0.3 is 15.2 Å². The molecule has 5 nitrogen and oxygen atoms in total. The number of hydrogen-bond acceptors (Lipinski definition) is 3. The van der Waals surface area contributed by atoms with Crippen molar-refractivity contribution in [1.82, 2.24) is 5.32 Å². The molecule has 102 valence electrons. The average molecular weight is 263 g/mol. The number of rotatable bonds is 4. The molecule has 2 N–H and O–H groups in total. The van der Waals surface area contributed by atoms with E-state index >= 15 is 0 Å². The zero-order chi connectivity index (χ0) is 13.7. The van der Waals surface area contributed by atoms with Gasteiger partial charge in [-0.1, -0.05) is 12.1 Å². The first-order chi connectivity index (χ1) is 9.18. The summed E-state index contributed by atoms with van der Waals surface area (Å²) >= 11 is 0. The largest absolute Gasteiger partial charge is 0.491 e. The Morgan fingerprint density at radius 1 is 1.26 bits per heavy atom. The van der Waals surface area contributed by atoms with Crippen molar-refractivity contribution in [3.05, 3.63) is 29.3 Å². The van der Waals surface area contributed by atoms with Gasteiger partial charge in [0.15, 0.2) is 0 Å². The lowest BCUT2D eigenvalue weighted by Crippen LogP contribution is -2.33. The van der Waals surface area contributed by atoms with Crippen LogP contribution in [-0.2, 0) is 22.4 Å². The molecule has 1 aromatic rings. The molecule has 2 rings (SSSR count). The quantitative estimate of drug-likeness (QED) is 0.631. The van der Waals surface area contributed by atoms with Gasteiger partial charge in [0, 0.05) is 0 Å². The molecule has 0 radical (unpaired) electrons. The van der Waals surface area contributed by atoms with Crippen molar-refractivity contribution in [2.75, 3.05) is 13.2 Å². The summed E-state index contributed by atoms with van der Waals surface area (Å²) in [5.41, 5.74) is 2.58. The third kappa shape index (κ3) is 3.47. The number of carbonyl (C=O) groups excluding carboxylic acids is 1. The van der Waals surface area contributed by atoms with Crippen molar-refractivity contribution in [1.29, 1.82) is 0 Å². The number of aliphatic carboxylic acids is 1. The molecule has 0 saturated carbocycles. The van der Waals surface area contributed by atoms with Gasteiger partial charge in [0.25, 0.3) is 0 Å². The molecule has 0 heterocycles. The molecule has 0 unspecified atom stereocenters. The Bertz CT molecular complexity index is 484. The van der Waals surface area contributed by atoms with Crippen LogP contribution in [0.2, 0.25) is 0 Å². The van der Waals surface area contributed by atoms with Crippen molar-refractivity contribution in [3.63, 3.8) is 0 Å². The highest BCUT2D eigenvalue weighted by molar-refractivity contribution is 6.31. The van der Waals surface area contributed by atoms with Crippen LogP contribution in [0.3, 0.4) is 0 Å². The number of carbonyl (C=O) groups is 2. The molecule has 0 aliphatic heterocycles. The van der Waals surface area contributed by atoms with Crippen LogP contribution in [0.5, 0.6) is 5.75 Å². The first-order valence-corrected chi connectivity index (χ1v) is 6.43. The van der Waals surface area contributed by atoms with Crippen LogP contribution in [0.1, 0.15) is 24.0 Å². The van der Waals surface area contributed by atoms with Gasteiger partial charge in [0.2, 0.25) is 0 Å². The predicted octanol–water partition coefficient (Wildman–Crippen LogP) is 1.14. The maximum atomic E-state index is 10.8. The van der Waals surface area contributed by atoms with E-state index in [-0.39, 0.29) is 13.2 Å². The lowest BCUT2D eigenvalue weighted by Gasteiger charge is -2.19. The topological polar surface area (TPSA) is 75.6 Å². The highest BCUT2D eigenvalue weighted by Crippen LogP contribution is 2.29. The second-order valence-corrected chi connectivity index (χ2v) is 4.51. The van der Waals surface area contributed by atoms with E-state index in [9.17, 15) is 9.59 Å². The van der Waals surface area contributed by atoms with E-state index in [1.807, 2.05) is 12.1 Å². The SMILES string of the molecule is O=C(O)C(=O)NCCOc1cccc2c1CCCC2. The summed E-state index contributed by atoms with van der Waals surface area (Å²) < 4.78 is 5.63. The smallest absolute Gasteiger partial charge is 0.394 e. The van der Waals surface area contributed by atoms with E-state index < -0.39 is 11.9 Å². The molecule has 5 heteroatoms. The molecule has 1 aliphatic rings. The van der Waals surface area contributed by atoms with Gasteiger partial charge in [-0.2, -0.15) is 0 Å². The molecule has 0 atom stereocenters. The van der Waals surface area contributed by atoms with Crippen molar-refractivity contribution in [3.8, 4) is 5.75 Å². The lowest BCUT2D eigenvalue weighted by atomic mass is 9.91. The fourth-order valence-corrected chi connectivity index (χ4v) is 2.28. The molecule has 0 spiro atoms. The Morgan fingerprint density at radius 2 is 2.05 bits per heavy atom. The maximum Gasteiger partial charge on any atom is 0.394 e. The van der Waals surface area contributed by atoms with Crippen LogP contribution >= 0.6 is 0 Å². The summed E-state index contributed by atoms with van der Waals surface area (Å²) in [6.45, 7) is 0.463. The number of carboxylic acids is 1. The average Bonchev–Trinajstić information content (AvgIpc) is 2.43. The number of benzene rings is 1. The fourth-order valence-electron chi connectivity index (χ4n) is 2.28. The van der Waals surface area contributed by atoms with E-state index in [1.54, 1.807) is 0 Å². The van der Waals surface area contributed by atoms with Crippen molar-refractivity contribution >= 4 is 11.9 Å². The second-order valence-electron chi connectivity index (χ2n) is 4.51. The summed E-state index contributed by atoms with van der Waals surface area (Å²) in [6.07, 6.45) is 4.49. The summed E-state index contributed by atoms with van der Waals surface area (Å²) in [7, 11) is 0. The fraction of sp³-hybridized carbons (Fsp3) is 0.429. The van der Waals surface area contributed by atoms with Gasteiger partial charge in [0.1, 0.15) is 12.4 Å². The molecule has 0 saturated heterocycles. The minimum absolute atomic E-state index is 0.189. The van der Waals surface area contributed by atoms with Crippen molar-refractivity contribution < 1.29 is 19.4 Å². The standard InChI is InChI=1S/C14H17NO4/c16-13(14(17)18)15-8-9-19-12-7-3-5-10-4-1-2-6-11(10)12/h3,5,7H,1-2,4,6,8-9H2,(H,15,16)(H,17,18). The lowest BCUT2D eigenvalue weighted by molar-refractivity contribution is -0.150. The zero-order valence-corrected chi connectivity index (χ0v) is 10.6. The normalized spacial score (nSPS) is 13.5. The predicted molar refractivity (Wildman–Crippen MR) is 69.2 cm³/mol. The number of aryl methyl sites for hydroxylation is 1. The van der Waals surface area contributed by atoms with Gasteiger partial charge in [0.05, 0.1) is 6.54 Å². The summed E-state index contributed by atoms with van der Waals surface area (Å²) in [4.78, 5) is 21.1. The van der Waals surface area contributed by atoms with E-state index in [0.717, 1.165) is 18.6 Å². The Morgan fingerprint density at radius 3 is 2.84 bits per heavy atom. The molecular weight excluding hydrogens is 246 g/mol. The van der Waals surface area contributed by atoms with Crippen LogP contribution in [-0.4, -0.2) is 30.1 Å². The summed E-state index contributed by atoms with van der Waals surface area (Å²) in [6, 6.07) is 6.01. The number of fused-ring (bicyclic) bond motifs is 1. The Balaban J connectivity index is 1.86. The van der Waals surface area contributed by atoms with E-state index in [0.29, 0.717) is 0 Å². The van der Waals surface area contributed by atoms with Crippen LogP contribution in [0.4, 0.5) is 0 Å². The van der Waals surface area contributed by atoms with Crippen LogP contribution in [0.25, 0.3) is 0 Å². The van der Waals surface area contributed by atoms with Gasteiger partial charge in [-0.15, -0.1) is 0 Å². The molecule has 1 aliphatic carbocycles. The molecule has 19 heavy (non-hydrogen) atoms. The van der Waals surface area contributed by atoms with Crippen molar-refractivity contribution in [2.24, 2.45) is 0 Å². The molecule has 1 amide bonds.